The third kappa shape index (κ3) is 8.10. The van der Waals surface area contributed by atoms with Crippen LogP contribution in [-0.2, 0) is 6.42 Å². The maximum Gasteiger partial charge on any atom is 0.0807 e. The topological polar surface area (TPSA) is 68.4 Å². The summed E-state index contributed by atoms with van der Waals surface area (Å²) < 4.78 is 4.62. The lowest BCUT2D eigenvalue weighted by Crippen LogP contribution is -2.24. The highest BCUT2D eigenvalue weighted by atomic mass is 15.2. The van der Waals surface area contributed by atoms with Crippen molar-refractivity contribution in [2.45, 2.75) is 41.0 Å². The lowest BCUT2D eigenvalue weighted by molar-refractivity contribution is 0.540. The Hall–Kier alpha value is -7.96. The molecular formula is C58H56N6. The Morgan fingerprint density at radius 2 is 1.28 bits per heavy atom. The van der Waals surface area contributed by atoms with Crippen LogP contribution in [0.4, 0.5) is 11.4 Å². The average Bonchev–Trinajstić information content (AvgIpc) is 3.68. The molecule has 1 aliphatic carbocycles. The fourth-order valence-corrected chi connectivity index (χ4v) is 8.94. The Labute approximate surface area is 378 Å². The van der Waals surface area contributed by atoms with Gasteiger partial charge in [0.15, 0.2) is 0 Å². The molecule has 0 amide bonds. The molecule has 6 heteroatoms. The zero-order valence-electron chi connectivity index (χ0n) is 37.4. The average molecular weight is 837 g/mol. The Kier molecular flexibility index (Phi) is 12.7. The van der Waals surface area contributed by atoms with Crippen molar-refractivity contribution >= 4 is 45.0 Å². The molecule has 0 unspecified atom stereocenters. The van der Waals surface area contributed by atoms with Crippen molar-refractivity contribution in [2.75, 3.05) is 4.90 Å². The first-order valence-electron chi connectivity index (χ1n) is 21.8. The van der Waals surface area contributed by atoms with Crippen LogP contribution in [0.1, 0.15) is 50.2 Å². The summed E-state index contributed by atoms with van der Waals surface area (Å²) in [7, 11) is 0. The lowest BCUT2D eigenvalue weighted by atomic mass is 10.0. The minimum Gasteiger partial charge on any atom is -0.405 e. The first-order valence-corrected chi connectivity index (χ1v) is 21.8. The Morgan fingerprint density at radius 1 is 0.688 bits per heavy atom. The number of fused-ring (bicyclic) bond motifs is 4. The third-order valence-corrected chi connectivity index (χ3v) is 12.0. The van der Waals surface area contributed by atoms with Crippen LogP contribution in [0.5, 0.6) is 0 Å². The molecule has 4 N–H and O–H groups in total. The summed E-state index contributed by atoms with van der Waals surface area (Å²) in [5.74, 6) is 0. The van der Waals surface area contributed by atoms with Gasteiger partial charge in [0.05, 0.1) is 33.8 Å². The van der Waals surface area contributed by atoms with Gasteiger partial charge in [-0.2, -0.15) is 0 Å². The van der Waals surface area contributed by atoms with E-state index in [1.807, 2.05) is 31.2 Å². The van der Waals surface area contributed by atoms with Crippen LogP contribution in [0.25, 0.3) is 45.0 Å². The highest BCUT2D eigenvalue weighted by Gasteiger charge is 2.26. The van der Waals surface area contributed by atoms with E-state index < -0.39 is 0 Å². The summed E-state index contributed by atoms with van der Waals surface area (Å²) in [4.78, 5) is 4.45. The van der Waals surface area contributed by atoms with Gasteiger partial charge in [-0.3, -0.25) is 0 Å². The van der Waals surface area contributed by atoms with Crippen molar-refractivity contribution in [1.29, 1.82) is 0 Å². The molecule has 7 aromatic rings. The molecule has 0 saturated carbocycles. The molecule has 8 rings (SSSR count). The molecule has 5 aromatic carbocycles. The predicted molar refractivity (Wildman–Crippen MR) is 273 cm³/mol. The van der Waals surface area contributed by atoms with Gasteiger partial charge in [-0.15, -0.1) is 0 Å². The first kappa shape index (κ1) is 42.7. The smallest absolute Gasteiger partial charge is 0.0807 e. The molecule has 0 fully saturated rings. The van der Waals surface area contributed by atoms with Crippen LogP contribution in [-0.4, -0.2) is 14.0 Å². The molecule has 64 heavy (non-hydrogen) atoms. The second kappa shape index (κ2) is 19.0. The molecule has 1 aliphatic rings. The lowest BCUT2D eigenvalue weighted by Gasteiger charge is -2.31. The SMILES string of the molecule is C=C/C(=C\C=C(/C)N(/C(C)=C(C)/C=C\C)C(/C=C\N)=C(/N)c1c(C)c2c(n1-c1ccccc1)C=CC=CC2)N(c1ccccc1)c1ccc(-n2c3ccccc3c3ccccc32)cc1. The van der Waals surface area contributed by atoms with Gasteiger partial charge < -0.3 is 30.4 Å². The second-order valence-corrected chi connectivity index (χ2v) is 15.9. The number of allylic oxidation sites excluding steroid dienone is 12. The molecule has 6 nitrogen and oxygen atoms in total. The van der Waals surface area contributed by atoms with Gasteiger partial charge in [-0.05, 0) is 155 Å². The van der Waals surface area contributed by atoms with E-state index in [4.69, 9.17) is 11.5 Å². The first-order chi connectivity index (χ1) is 31.3. The van der Waals surface area contributed by atoms with Gasteiger partial charge in [0, 0.05) is 50.6 Å². The third-order valence-electron chi connectivity index (χ3n) is 12.0. The summed E-state index contributed by atoms with van der Waals surface area (Å²) in [5, 5.41) is 2.47. The predicted octanol–water partition coefficient (Wildman–Crippen LogP) is 14.1. The van der Waals surface area contributed by atoms with E-state index in [0.717, 1.165) is 74.5 Å². The molecule has 0 radical (unpaired) electrons. The van der Waals surface area contributed by atoms with Gasteiger partial charge in [-0.25, -0.2) is 0 Å². The molecule has 0 atom stereocenters. The molecule has 0 aliphatic heterocycles. The Balaban J connectivity index is 1.27. The highest BCUT2D eigenvalue weighted by molar-refractivity contribution is 6.09. The van der Waals surface area contributed by atoms with Gasteiger partial charge in [0.25, 0.3) is 0 Å². The van der Waals surface area contributed by atoms with Crippen LogP contribution in [0.3, 0.4) is 0 Å². The summed E-state index contributed by atoms with van der Waals surface area (Å²) in [6, 6.07) is 46.8. The van der Waals surface area contributed by atoms with E-state index in [2.05, 4.69) is 223 Å². The molecule has 0 bridgehead atoms. The monoisotopic (exact) mass is 836 g/mol. The van der Waals surface area contributed by atoms with Gasteiger partial charge in [0.2, 0.25) is 0 Å². The Bertz CT molecular complexity index is 3030. The molecule has 2 heterocycles. The number of para-hydroxylation sites is 4. The van der Waals surface area contributed by atoms with E-state index in [0.29, 0.717) is 5.70 Å². The molecular weight excluding hydrogens is 781 g/mol. The Morgan fingerprint density at radius 3 is 1.91 bits per heavy atom. The number of nitrogens with zero attached hydrogens (tertiary/aromatic N) is 4. The second-order valence-electron chi connectivity index (χ2n) is 15.9. The zero-order chi connectivity index (χ0) is 44.7. The van der Waals surface area contributed by atoms with E-state index in [1.165, 1.54) is 27.4 Å². The van der Waals surface area contributed by atoms with Crippen molar-refractivity contribution in [2.24, 2.45) is 11.5 Å². The van der Waals surface area contributed by atoms with E-state index >= 15 is 0 Å². The van der Waals surface area contributed by atoms with Crippen LogP contribution < -0.4 is 16.4 Å². The standard InChI is InChI=1S/C58H56N6/c1-7-22-41(3)44(6)61(56(39-40-59)57(60)58-43(5)50-27-16-11-17-30-53(50)64(58)47-25-14-10-15-26-47)42(4)33-34-45(8-2)62(46-23-12-9-13-24-46)48-35-37-49(38-36-48)63-54-31-20-18-28-51(54)52-29-19-21-32-55(52)63/h7-26,28-40H,2,27,59-60H2,1,3-6H3/b22-7-,40-39-,42-33+,44-41+,45-34+,57-56+. The van der Waals surface area contributed by atoms with Gasteiger partial charge in [0.1, 0.15) is 0 Å². The normalized spacial score (nSPS) is 14.0. The summed E-state index contributed by atoms with van der Waals surface area (Å²) in [6.07, 6.45) is 23.2. The van der Waals surface area contributed by atoms with E-state index in [9.17, 15) is 0 Å². The minimum absolute atomic E-state index is 0.607. The molecule has 2 aromatic heterocycles. The number of hydrogen-bond acceptors (Lipinski definition) is 4. The van der Waals surface area contributed by atoms with Crippen molar-refractivity contribution in [3.05, 3.63) is 252 Å². The fraction of sp³-hybridized carbons (Fsp3) is 0.103. The number of nitrogens with two attached hydrogens (primary N) is 2. The van der Waals surface area contributed by atoms with Crippen molar-refractivity contribution in [1.82, 2.24) is 14.0 Å². The number of aromatic nitrogens is 2. The number of hydrogen-bond donors (Lipinski definition) is 2. The van der Waals surface area contributed by atoms with Crippen molar-refractivity contribution < 1.29 is 0 Å². The number of anilines is 2. The van der Waals surface area contributed by atoms with Crippen molar-refractivity contribution in [3.8, 4) is 11.4 Å². The van der Waals surface area contributed by atoms with Crippen LogP contribution in [0, 0.1) is 6.92 Å². The van der Waals surface area contributed by atoms with Crippen LogP contribution in [0.2, 0.25) is 0 Å². The largest absolute Gasteiger partial charge is 0.405 e. The van der Waals surface area contributed by atoms with Crippen LogP contribution >= 0.6 is 0 Å². The fourth-order valence-electron chi connectivity index (χ4n) is 8.94. The summed E-state index contributed by atoms with van der Waals surface area (Å²) in [5.41, 5.74) is 30.0. The maximum atomic E-state index is 7.52. The zero-order valence-corrected chi connectivity index (χ0v) is 37.4. The summed E-state index contributed by atoms with van der Waals surface area (Å²) >= 11 is 0. The number of rotatable bonds is 13. The van der Waals surface area contributed by atoms with E-state index in [1.54, 1.807) is 6.20 Å². The van der Waals surface area contributed by atoms with Gasteiger partial charge >= 0.3 is 0 Å². The number of benzene rings is 5. The highest BCUT2D eigenvalue weighted by Crippen LogP contribution is 2.38. The minimum atomic E-state index is 0.607. The molecule has 0 saturated heterocycles. The van der Waals surface area contributed by atoms with Gasteiger partial charge in [-0.1, -0.05) is 110 Å². The molecule has 318 valence electrons. The van der Waals surface area contributed by atoms with Crippen LogP contribution in [0.15, 0.2) is 229 Å². The maximum absolute atomic E-state index is 7.52. The quantitative estimate of drug-likeness (QED) is 0.114. The summed E-state index contributed by atoms with van der Waals surface area (Å²) in [6.45, 7) is 14.9. The van der Waals surface area contributed by atoms with E-state index in [-0.39, 0.29) is 0 Å². The molecule has 0 spiro atoms. The van der Waals surface area contributed by atoms with Crippen molar-refractivity contribution in [3.63, 3.8) is 0 Å².